The minimum Gasteiger partial charge on any atom is -0.352 e. The maximum atomic E-state index is 11.4. The molecule has 4 nitrogen and oxygen atoms in total. The van der Waals surface area contributed by atoms with E-state index in [0.717, 1.165) is 6.54 Å². The molecule has 2 N–H and O–H groups in total. The van der Waals surface area contributed by atoms with Gasteiger partial charge in [0.1, 0.15) is 5.78 Å². The first-order valence-corrected chi connectivity index (χ1v) is 6.09. The normalized spacial score (nSPS) is 9.06. The number of ketones is 1. The first-order valence-electron chi connectivity index (χ1n) is 6.09. The van der Waals surface area contributed by atoms with Crippen molar-refractivity contribution in [1.82, 2.24) is 10.6 Å². The summed E-state index contributed by atoms with van der Waals surface area (Å²) in [6.07, 6.45) is 0.387. The van der Waals surface area contributed by atoms with Gasteiger partial charge in [-0.3, -0.25) is 9.59 Å². The minimum atomic E-state index is -0.133. The number of hydrogen-bond acceptors (Lipinski definition) is 3. The average Bonchev–Trinajstić information content (AvgIpc) is 2.39. The lowest BCUT2D eigenvalue weighted by Crippen LogP contribution is -2.25. The summed E-state index contributed by atoms with van der Waals surface area (Å²) in [7, 11) is 1.93. The third-order valence-electron chi connectivity index (χ3n) is 2.15. The first-order chi connectivity index (χ1) is 8.61. The molecule has 18 heavy (non-hydrogen) atoms. The van der Waals surface area contributed by atoms with Gasteiger partial charge < -0.3 is 10.6 Å². The second-order valence-electron chi connectivity index (χ2n) is 3.78. The lowest BCUT2D eigenvalue weighted by atomic mass is 10.2. The quantitative estimate of drug-likeness (QED) is 0.835. The Bertz CT molecular complexity index is 348. The molecule has 1 aromatic carbocycles. The summed E-state index contributed by atoms with van der Waals surface area (Å²) in [6.45, 7) is 5.05. The van der Waals surface area contributed by atoms with Gasteiger partial charge in [0.2, 0.25) is 0 Å². The highest BCUT2D eigenvalue weighted by molar-refractivity contribution is 5.94. The highest BCUT2D eigenvalue weighted by atomic mass is 16.1. The molecule has 1 amide bonds. The molecular weight excluding hydrogens is 228 g/mol. The van der Waals surface area contributed by atoms with Crippen LogP contribution in [0, 0.1) is 0 Å². The summed E-state index contributed by atoms with van der Waals surface area (Å²) < 4.78 is 0. The number of amides is 1. The summed E-state index contributed by atoms with van der Waals surface area (Å²) in [5, 5.41) is 5.60. The van der Waals surface area contributed by atoms with Gasteiger partial charge in [0.25, 0.3) is 5.91 Å². The van der Waals surface area contributed by atoms with Crippen LogP contribution in [0.4, 0.5) is 0 Å². The van der Waals surface area contributed by atoms with Gasteiger partial charge in [-0.25, -0.2) is 0 Å². The molecule has 0 bridgehead atoms. The van der Waals surface area contributed by atoms with Crippen molar-refractivity contribution in [2.75, 3.05) is 20.1 Å². The zero-order valence-electron chi connectivity index (χ0n) is 11.3. The van der Waals surface area contributed by atoms with E-state index in [1.54, 1.807) is 24.3 Å². The number of Topliss-reactive ketones (excluding diaryl/α,β-unsaturated/α-hetero) is 1. The van der Waals surface area contributed by atoms with Crippen molar-refractivity contribution in [1.29, 1.82) is 0 Å². The second-order valence-corrected chi connectivity index (χ2v) is 3.78. The van der Waals surface area contributed by atoms with Crippen molar-refractivity contribution in [2.24, 2.45) is 0 Å². The fourth-order valence-corrected chi connectivity index (χ4v) is 1.04. The van der Waals surface area contributed by atoms with Crippen LogP contribution in [0.1, 0.15) is 30.6 Å². The van der Waals surface area contributed by atoms with Crippen LogP contribution in [-0.2, 0) is 4.79 Å². The molecule has 0 fully saturated rings. The third kappa shape index (κ3) is 8.47. The van der Waals surface area contributed by atoms with Gasteiger partial charge in [-0.15, -0.1) is 0 Å². The molecule has 0 atom stereocenters. The molecule has 0 unspecified atom stereocenters. The molecule has 1 rings (SSSR count). The third-order valence-corrected chi connectivity index (χ3v) is 2.15. The molecule has 0 radical (unpaired) electrons. The van der Waals surface area contributed by atoms with Gasteiger partial charge in [0.15, 0.2) is 0 Å². The van der Waals surface area contributed by atoms with E-state index in [2.05, 4.69) is 17.6 Å². The van der Waals surface area contributed by atoms with Gasteiger partial charge in [0, 0.05) is 18.5 Å². The smallest absolute Gasteiger partial charge is 0.251 e. The van der Waals surface area contributed by atoms with Gasteiger partial charge in [-0.1, -0.05) is 25.1 Å². The molecule has 0 saturated heterocycles. The summed E-state index contributed by atoms with van der Waals surface area (Å²) in [5.74, 6) is -0.0507. The molecule has 0 aliphatic heterocycles. The van der Waals surface area contributed by atoms with E-state index in [9.17, 15) is 9.59 Å². The number of benzene rings is 1. The topological polar surface area (TPSA) is 58.2 Å². The van der Waals surface area contributed by atoms with Crippen molar-refractivity contribution in [3.63, 3.8) is 0 Å². The van der Waals surface area contributed by atoms with Crippen LogP contribution >= 0.6 is 0 Å². The Hall–Kier alpha value is -1.68. The summed E-state index contributed by atoms with van der Waals surface area (Å²) in [5.41, 5.74) is 0.621. The Morgan fingerprint density at radius 2 is 1.72 bits per heavy atom. The van der Waals surface area contributed by atoms with Crippen LogP contribution in [0.25, 0.3) is 0 Å². The van der Waals surface area contributed by atoms with Crippen molar-refractivity contribution < 1.29 is 9.59 Å². The SMILES string of the molecule is CC(=O)CCNC(=O)c1ccccc1.CCNC. The second kappa shape index (κ2) is 10.5. The number of hydrogen-bond donors (Lipinski definition) is 2. The average molecular weight is 250 g/mol. The monoisotopic (exact) mass is 250 g/mol. The summed E-state index contributed by atoms with van der Waals surface area (Å²) in [6, 6.07) is 8.94. The van der Waals surface area contributed by atoms with E-state index in [-0.39, 0.29) is 11.7 Å². The molecule has 1 aromatic rings. The standard InChI is InChI=1S/C11H13NO2.C3H9N/c1-9(13)7-8-12-11(14)10-5-3-2-4-6-10;1-3-4-2/h2-6H,7-8H2,1H3,(H,12,14);4H,3H2,1-2H3. The van der Waals surface area contributed by atoms with Crippen molar-refractivity contribution in [3.8, 4) is 0 Å². The number of carbonyl (C=O) groups excluding carboxylic acids is 2. The van der Waals surface area contributed by atoms with Crippen LogP contribution in [0.3, 0.4) is 0 Å². The van der Waals surface area contributed by atoms with Crippen molar-refractivity contribution in [3.05, 3.63) is 35.9 Å². The van der Waals surface area contributed by atoms with Gasteiger partial charge >= 0.3 is 0 Å². The van der Waals surface area contributed by atoms with E-state index >= 15 is 0 Å². The fraction of sp³-hybridized carbons (Fsp3) is 0.429. The van der Waals surface area contributed by atoms with Crippen LogP contribution in [0.2, 0.25) is 0 Å². The number of carbonyl (C=O) groups is 2. The maximum absolute atomic E-state index is 11.4. The molecule has 100 valence electrons. The van der Waals surface area contributed by atoms with Crippen LogP contribution in [0.5, 0.6) is 0 Å². The highest BCUT2D eigenvalue weighted by Gasteiger charge is 2.03. The Morgan fingerprint density at radius 1 is 1.17 bits per heavy atom. The maximum Gasteiger partial charge on any atom is 0.251 e. The molecule has 0 heterocycles. The highest BCUT2D eigenvalue weighted by Crippen LogP contribution is 1.97. The van der Waals surface area contributed by atoms with Crippen LogP contribution in [-0.4, -0.2) is 31.8 Å². The molecule has 0 spiro atoms. The molecule has 4 heteroatoms. The molecule has 0 aromatic heterocycles. The lowest BCUT2D eigenvalue weighted by Gasteiger charge is -2.02. The largest absolute Gasteiger partial charge is 0.352 e. The van der Waals surface area contributed by atoms with Crippen LogP contribution in [0.15, 0.2) is 30.3 Å². The first kappa shape index (κ1) is 16.3. The molecular formula is C14H22N2O2. The van der Waals surface area contributed by atoms with E-state index in [1.165, 1.54) is 6.92 Å². The van der Waals surface area contributed by atoms with Crippen molar-refractivity contribution >= 4 is 11.7 Å². The van der Waals surface area contributed by atoms with E-state index in [0.29, 0.717) is 18.5 Å². The fourth-order valence-electron chi connectivity index (χ4n) is 1.04. The molecule has 0 aliphatic rings. The van der Waals surface area contributed by atoms with Gasteiger partial charge in [0.05, 0.1) is 0 Å². The molecule has 0 saturated carbocycles. The predicted octanol–water partition coefficient (Wildman–Crippen LogP) is 1.62. The predicted molar refractivity (Wildman–Crippen MR) is 73.7 cm³/mol. The zero-order chi connectivity index (χ0) is 13.8. The Morgan fingerprint density at radius 3 is 2.17 bits per heavy atom. The summed E-state index contributed by atoms with van der Waals surface area (Å²) in [4.78, 5) is 22.0. The minimum absolute atomic E-state index is 0.0818. The Kier molecular flexibility index (Phi) is 9.50. The van der Waals surface area contributed by atoms with E-state index < -0.39 is 0 Å². The Labute approximate surface area is 109 Å². The number of rotatable bonds is 5. The van der Waals surface area contributed by atoms with Gasteiger partial charge in [-0.05, 0) is 32.6 Å². The van der Waals surface area contributed by atoms with Crippen molar-refractivity contribution in [2.45, 2.75) is 20.3 Å². The zero-order valence-corrected chi connectivity index (χ0v) is 11.3. The molecule has 0 aliphatic carbocycles. The Balaban J connectivity index is 0.000000631. The van der Waals surface area contributed by atoms with E-state index in [4.69, 9.17) is 0 Å². The van der Waals surface area contributed by atoms with E-state index in [1.807, 2.05) is 13.1 Å². The van der Waals surface area contributed by atoms with Gasteiger partial charge in [-0.2, -0.15) is 0 Å². The lowest BCUT2D eigenvalue weighted by molar-refractivity contribution is -0.116. The van der Waals surface area contributed by atoms with Crippen LogP contribution < -0.4 is 10.6 Å². The number of nitrogens with one attached hydrogen (secondary N) is 2. The summed E-state index contributed by atoms with van der Waals surface area (Å²) >= 11 is 0.